The number of hydrogen-bond donors (Lipinski definition) is 0. The molecule has 0 unspecified atom stereocenters. The topological polar surface area (TPSA) is 94.7 Å². The van der Waals surface area contributed by atoms with E-state index in [9.17, 15) is 9.59 Å². The van der Waals surface area contributed by atoms with Gasteiger partial charge in [-0.15, -0.1) is 0 Å². The van der Waals surface area contributed by atoms with Crippen LogP contribution in [0, 0.1) is 6.92 Å². The lowest BCUT2D eigenvalue weighted by Crippen LogP contribution is -2.44. The van der Waals surface area contributed by atoms with Crippen molar-refractivity contribution in [2.75, 3.05) is 38.1 Å². The molecular weight excluding hydrogens is 580 g/mol. The molecule has 0 N–H and O–H groups in total. The molecular formula is C36H42N6O4. The van der Waals surface area contributed by atoms with Gasteiger partial charge in [-0.25, -0.2) is 19.1 Å². The molecule has 1 aliphatic rings. The summed E-state index contributed by atoms with van der Waals surface area (Å²) in [7, 11) is 2.11. The smallest absolute Gasteiger partial charge is 0.435 e. The zero-order chi connectivity index (χ0) is 33.0. The number of aromatic nitrogens is 4. The lowest BCUT2D eigenvalue weighted by Gasteiger charge is -2.34. The van der Waals surface area contributed by atoms with Gasteiger partial charge in [0.2, 0.25) is 0 Å². The molecule has 0 bridgehead atoms. The van der Waals surface area contributed by atoms with Gasteiger partial charge in [0, 0.05) is 31.6 Å². The highest BCUT2D eigenvalue weighted by molar-refractivity contribution is 6.03. The van der Waals surface area contributed by atoms with Crippen LogP contribution in [0.5, 0.6) is 0 Å². The Hall–Kier alpha value is -4.70. The Morgan fingerprint density at radius 3 is 2.04 bits per heavy atom. The number of carbonyl (C=O) groups excluding carboxylic acids is 2. The fourth-order valence-electron chi connectivity index (χ4n) is 5.69. The minimum absolute atomic E-state index is 0.293. The number of para-hydroxylation sites is 1. The van der Waals surface area contributed by atoms with Gasteiger partial charge < -0.3 is 19.3 Å². The van der Waals surface area contributed by atoms with Gasteiger partial charge >= 0.3 is 12.2 Å². The van der Waals surface area contributed by atoms with Crippen LogP contribution in [0.2, 0.25) is 0 Å². The van der Waals surface area contributed by atoms with Crippen LogP contribution in [0.4, 0.5) is 15.3 Å². The summed E-state index contributed by atoms with van der Waals surface area (Å²) in [5.41, 5.74) is 4.72. The highest BCUT2D eigenvalue weighted by atomic mass is 16.6. The predicted octanol–water partition coefficient (Wildman–Crippen LogP) is 7.35. The first-order valence-corrected chi connectivity index (χ1v) is 15.7. The average Bonchev–Trinajstić information content (AvgIpc) is 3.55. The average molecular weight is 623 g/mol. The van der Waals surface area contributed by atoms with Gasteiger partial charge in [-0.05, 0) is 90.9 Å². The van der Waals surface area contributed by atoms with Crippen LogP contribution in [0.3, 0.4) is 0 Å². The number of benzene rings is 3. The van der Waals surface area contributed by atoms with Gasteiger partial charge in [0.05, 0.1) is 16.7 Å². The van der Waals surface area contributed by atoms with Crippen LogP contribution < -0.4 is 4.90 Å². The van der Waals surface area contributed by atoms with Crippen molar-refractivity contribution in [3.05, 3.63) is 66.2 Å². The zero-order valence-electron chi connectivity index (χ0n) is 27.9. The van der Waals surface area contributed by atoms with Gasteiger partial charge in [0.1, 0.15) is 22.4 Å². The SMILES string of the molecule is Cc1ccc(-c2ccc3c(-c4nc5c(N6CCN(C)CC6)cccc5n4C(=O)OC(C)(C)C)nn(C(=O)OC(C)(C)C)c3c2)cc1. The third-order valence-electron chi connectivity index (χ3n) is 7.93. The second kappa shape index (κ2) is 11.6. The number of imidazole rings is 1. The molecule has 6 rings (SSSR count). The largest absolute Gasteiger partial charge is 0.443 e. The van der Waals surface area contributed by atoms with Gasteiger partial charge in [-0.1, -0.05) is 42.0 Å². The number of anilines is 1. The molecule has 1 aliphatic heterocycles. The molecule has 3 heterocycles. The molecule has 0 spiro atoms. The van der Waals surface area contributed by atoms with E-state index < -0.39 is 23.4 Å². The van der Waals surface area contributed by atoms with Crippen LogP contribution >= 0.6 is 0 Å². The quantitative estimate of drug-likeness (QED) is 0.206. The minimum Gasteiger partial charge on any atom is -0.443 e. The van der Waals surface area contributed by atoms with Crippen molar-refractivity contribution in [2.24, 2.45) is 0 Å². The van der Waals surface area contributed by atoms with Crippen LogP contribution in [0.15, 0.2) is 60.7 Å². The first kappa shape index (κ1) is 31.3. The van der Waals surface area contributed by atoms with E-state index >= 15 is 0 Å². The number of likely N-dealkylation sites (N-methyl/N-ethyl adjacent to an activating group) is 1. The highest BCUT2D eigenvalue weighted by Crippen LogP contribution is 2.36. The number of nitrogens with zero attached hydrogens (tertiary/aromatic N) is 6. The summed E-state index contributed by atoms with van der Waals surface area (Å²) in [5, 5.41) is 5.47. The van der Waals surface area contributed by atoms with Crippen LogP contribution in [0.25, 0.3) is 44.6 Å². The summed E-state index contributed by atoms with van der Waals surface area (Å²) < 4.78 is 14.4. The molecule has 0 amide bonds. The molecule has 0 atom stereocenters. The van der Waals surface area contributed by atoms with Crippen molar-refractivity contribution in [3.63, 3.8) is 0 Å². The Kier molecular flexibility index (Phi) is 7.88. The number of piperazine rings is 1. The summed E-state index contributed by atoms with van der Waals surface area (Å²) in [6.45, 7) is 16.5. The summed E-state index contributed by atoms with van der Waals surface area (Å²) >= 11 is 0. The summed E-state index contributed by atoms with van der Waals surface area (Å²) in [5.74, 6) is 0.293. The highest BCUT2D eigenvalue weighted by Gasteiger charge is 2.30. The molecule has 3 aromatic carbocycles. The number of rotatable bonds is 3. The van der Waals surface area contributed by atoms with E-state index in [0.29, 0.717) is 33.5 Å². The molecule has 0 radical (unpaired) electrons. The maximum atomic E-state index is 13.9. The van der Waals surface area contributed by atoms with E-state index in [1.165, 1.54) is 9.25 Å². The fraction of sp³-hybridized carbons (Fsp3) is 0.389. The maximum absolute atomic E-state index is 13.9. The van der Waals surface area contributed by atoms with Crippen molar-refractivity contribution in [1.82, 2.24) is 24.2 Å². The van der Waals surface area contributed by atoms with Gasteiger partial charge in [0.25, 0.3) is 0 Å². The van der Waals surface area contributed by atoms with Crippen LogP contribution in [-0.2, 0) is 9.47 Å². The van der Waals surface area contributed by atoms with Gasteiger partial charge in [0.15, 0.2) is 5.82 Å². The molecule has 5 aromatic rings. The van der Waals surface area contributed by atoms with E-state index in [4.69, 9.17) is 19.6 Å². The summed E-state index contributed by atoms with van der Waals surface area (Å²) in [4.78, 5) is 37.3. The van der Waals surface area contributed by atoms with Crippen molar-refractivity contribution in [2.45, 2.75) is 59.7 Å². The molecule has 46 heavy (non-hydrogen) atoms. The van der Waals surface area contributed by atoms with Crippen molar-refractivity contribution in [3.8, 4) is 22.6 Å². The Bertz CT molecular complexity index is 1930. The van der Waals surface area contributed by atoms with Gasteiger partial charge in [-0.2, -0.15) is 9.78 Å². The first-order chi connectivity index (χ1) is 21.7. The lowest BCUT2D eigenvalue weighted by molar-refractivity contribution is 0.0520. The third-order valence-corrected chi connectivity index (χ3v) is 7.93. The fourth-order valence-corrected chi connectivity index (χ4v) is 5.69. The first-order valence-electron chi connectivity index (χ1n) is 15.7. The lowest BCUT2D eigenvalue weighted by atomic mass is 10.0. The second-order valence-electron chi connectivity index (χ2n) is 14.0. The second-order valence-corrected chi connectivity index (χ2v) is 14.0. The molecule has 10 nitrogen and oxygen atoms in total. The van der Waals surface area contributed by atoms with E-state index in [1.54, 1.807) is 0 Å². The number of fused-ring (bicyclic) bond motifs is 2. The van der Waals surface area contributed by atoms with Crippen molar-refractivity contribution < 1.29 is 19.1 Å². The van der Waals surface area contributed by atoms with Crippen LogP contribution in [0.1, 0.15) is 47.1 Å². The Morgan fingerprint density at radius 1 is 0.761 bits per heavy atom. The number of aryl methyl sites for hydroxylation is 1. The maximum Gasteiger partial charge on any atom is 0.435 e. The van der Waals surface area contributed by atoms with Crippen molar-refractivity contribution in [1.29, 1.82) is 0 Å². The number of ether oxygens (including phenoxy) is 2. The normalized spacial score (nSPS) is 14.7. The molecule has 1 saturated heterocycles. The number of hydrogen-bond acceptors (Lipinski definition) is 8. The third kappa shape index (κ3) is 6.22. The van der Waals surface area contributed by atoms with Crippen molar-refractivity contribution >= 4 is 39.8 Å². The predicted molar refractivity (Wildman–Crippen MR) is 182 cm³/mol. The van der Waals surface area contributed by atoms with E-state index in [0.717, 1.165) is 48.6 Å². The molecule has 2 aromatic heterocycles. The van der Waals surface area contributed by atoms with Gasteiger partial charge in [-0.3, -0.25) is 0 Å². The van der Waals surface area contributed by atoms with E-state index in [2.05, 4.69) is 29.0 Å². The van der Waals surface area contributed by atoms with Crippen LogP contribution in [-0.4, -0.2) is 80.8 Å². The zero-order valence-corrected chi connectivity index (χ0v) is 27.9. The standard InChI is InChI=1S/C36H42N6O4/c1-23-12-14-24(15-13-23)25-16-17-26-29(22-25)42(34(44)46-36(5,6)7)38-30(26)32-37-31-27(40-20-18-39(8)19-21-40)10-9-11-28(31)41(32)33(43)45-35(2,3)4/h9-17,22H,18-21H2,1-8H3. The molecule has 0 aliphatic carbocycles. The Balaban J connectivity index is 1.59. The van der Waals surface area contributed by atoms with E-state index in [-0.39, 0.29) is 0 Å². The summed E-state index contributed by atoms with van der Waals surface area (Å²) in [6, 6.07) is 19.9. The molecule has 10 heteroatoms. The number of carbonyl (C=O) groups is 2. The summed E-state index contributed by atoms with van der Waals surface area (Å²) in [6.07, 6.45) is -1.19. The molecule has 1 fully saturated rings. The Morgan fingerprint density at radius 2 is 1.39 bits per heavy atom. The monoisotopic (exact) mass is 622 g/mol. The Labute approximate surface area is 269 Å². The molecule has 0 saturated carbocycles. The minimum atomic E-state index is -0.749. The molecule has 240 valence electrons. The van der Waals surface area contributed by atoms with E-state index in [1.807, 2.05) is 97.0 Å².